The molecule has 0 fully saturated rings. The van der Waals surface area contributed by atoms with Gasteiger partial charge >= 0.3 is 0 Å². The summed E-state index contributed by atoms with van der Waals surface area (Å²) in [6.07, 6.45) is 3.80. The zero-order valence-corrected chi connectivity index (χ0v) is 24.1. The van der Waals surface area contributed by atoms with E-state index in [1.807, 2.05) is 67.6 Å². The molecule has 5 aromatic rings. The van der Waals surface area contributed by atoms with Crippen molar-refractivity contribution in [3.8, 4) is 22.8 Å². The Labute approximate surface area is 254 Å². The number of nitro benzene ring substituents is 1. The third-order valence-electron chi connectivity index (χ3n) is 6.76. The van der Waals surface area contributed by atoms with Gasteiger partial charge in [-0.3, -0.25) is 14.9 Å². The molecule has 0 aliphatic carbocycles. The Morgan fingerprint density at radius 2 is 1.75 bits per heavy atom. The molecule has 1 N–H and O–H groups in total. The van der Waals surface area contributed by atoms with E-state index in [2.05, 4.69) is 17.1 Å². The number of benzene rings is 4. The number of hydrogen-bond donors (Lipinski definition) is 1. The van der Waals surface area contributed by atoms with Crippen LogP contribution in [0.25, 0.3) is 22.2 Å². The monoisotopic (exact) mass is 586 g/mol. The van der Waals surface area contributed by atoms with Crippen LogP contribution < -0.4 is 14.9 Å². The predicted molar refractivity (Wildman–Crippen MR) is 171 cm³/mol. The number of nitrogens with zero attached hydrogens (tertiary/aromatic N) is 3. The number of allylic oxidation sites excluding steroid dienone is 1. The maximum atomic E-state index is 13.4. The van der Waals surface area contributed by atoms with Crippen LogP contribution in [0.3, 0.4) is 0 Å². The van der Waals surface area contributed by atoms with Crippen LogP contribution in [0.15, 0.2) is 115 Å². The van der Waals surface area contributed by atoms with E-state index in [9.17, 15) is 14.9 Å². The summed E-state index contributed by atoms with van der Waals surface area (Å²) in [6, 6.07) is 28.8. The molecule has 0 bridgehead atoms. The number of fused-ring (bicyclic) bond motifs is 1. The van der Waals surface area contributed by atoms with Crippen molar-refractivity contribution in [1.82, 2.24) is 10.4 Å². The maximum Gasteiger partial charge on any atom is 0.272 e. The zero-order chi connectivity index (χ0) is 30.9. The van der Waals surface area contributed by atoms with Gasteiger partial charge < -0.3 is 9.47 Å². The summed E-state index contributed by atoms with van der Waals surface area (Å²) in [7, 11) is 0. The van der Waals surface area contributed by atoms with E-state index in [-0.39, 0.29) is 18.2 Å². The number of para-hydroxylation sites is 1. The van der Waals surface area contributed by atoms with Crippen LogP contribution in [0.2, 0.25) is 0 Å². The molecule has 0 aliphatic rings. The van der Waals surface area contributed by atoms with Crippen LogP contribution in [-0.2, 0) is 13.0 Å². The molecular weight excluding hydrogens is 556 g/mol. The first kappa shape index (κ1) is 29.7. The molecule has 220 valence electrons. The SMILES string of the molecule is C=CCc1cc(/C=N/NC(=O)c2cc(-c3ccccc3)nc3ccccc23)cc(OCC)c1OCc1ccc([N+](=O)[O-])cc1. The van der Waals surface area contributed by atoms with Gasteiger partial charge in [-0.05, 0) is 60.9 Å². The topological polar surface area (TPSA) is 116 Å². The van der Waals surface area contributed by atoms with Crippen molar-refractivity contribution in [3.05, 3.63) is 142 Å². The number of pyridine rings is 1. The Hall–Kier alpha value is -5.83. The average Bonchev–Trinajstić information content (AvgIpc) is 3.04. The minimum Gasteiger partial charge on any atom is -0.490 e. The lowest BCUT2D eigenvalue weighted by atomic mass is 10.0. The van der Waals surface area contributed by atoms with Gasteiger partial charge in [0, 0.05) is 28.6 Å². The average molecular weight is 587 g/mol. The van der Waals surface area contributed by atoms with Gasteiger partial charge in [-0.1, -0.05) is 54.6 Å². The normalized spacial score (nSPS) is 10.9. The molecule has 1 aromatic heterocycles. The molecular formula is C35H30N4O5. The summed E-state index contributed by atoms with van der Waals surface area (Å²) in [5, 5.41) is 15.9. The number of carbonyl (C=O) groups excluding carboxylic acids is 1. The van der Waals surface area contributed by atoms with Gasteiger partial charge in [0.2, 0.25) is 0 Å². The highest BCUT2D eigenvalue weighted by atomic mass is 16.6. The molecule has 5 rings (SSSR count). The lowest BCUT2D eigenvalue weighted by molar-refractivity contribution is -0.384. The van der Waals surface area contributed by atoms with Gasteiger partial charge in [0.05, 0.1) is 34.5 Å². The van der Waals surface area contributed by atoms with E-state index in [0.29, 0.717) is 46.9 Å². The van der Waals surface area contributed by atoms with Gasteiger partial charge in [-0.2, -0.15) is 5.10 Å². The van der Waals surface area contributed by atoms with Crippen LogP contribution >= 0.6 is 0 Å². The molecule has 0 aliphatic heterocycles. The maximum absolute atomic E-state index is 13.4. The summed E-state index contributed by atoms with van der Waals surface area (Å²) >= 11 is 0. The highest BCUT2D eigenvalue weighted by Gasteiger charge is 2.16. The fraction of sp³-hybridized carbons (Fsp3) is 0.114. The molecule has 0 atom stereocenters. The van der Waals surface area contributed by atoms with E-state index in [1.165, 1.54) is 12.1 Å². The standard InChI is InChI=1S/C35H30N4O5/c1-3-10-27-19-25(20-33(43-4-2)34(27)44-23-24-15-17-28(18-16-24)39(41)42)22-36-38-35(40)30-21-32(26-11-6-5-7-12-26)37-31-14-9-8-13-29(30)31/h3,5-9,11-22H,1,4,10,23H2,2H3,(H,38,40)/b36-22+. The van der Waals surface area contributed by atoms with Crippen LogP contribution in [0.4, 0.5) is 5.69 Å². The van der Waals surface area contributed by atoms with Gasteiger partial charge in [0.15, 0.2) is 11.5 Å². The molecule has 0 saturated heterocycles. The Bertz CT molecular complexity index is 1840. The van der Waals surface area contributed by atoms with E-state index in [4.69, 9.17) is 14.5 Å². The van der Waals surface area contributed by atoms with Crippen molar-refractivity contribution >= 4 is 28.7 Å². The van der Waals surface area contributed by atoms with Gasteiger partial charge in [-0.15, -0.1) is 6.58 Å². The number of rotatable bonds is 12. The van der Waals surface area contributed by atoms with Gasteiger partial charge in [0.25, 0.3) is 11.6 Å². The molecule has 9 nitrogen and oxygen atoms in total. The van der Waals surface area contributed by atoms with Crippen molar-refractivity contribution in [1.29, 1.82) is 0 Å². The predicted octanol–water partition coefficient (Wildman–Crippen LogP) is 7.28. The second-order valence-corrected chi connectivity index (χ2v) is 9.78. The number of hydrogen-bond acceptors (Lipinski definition) is 7. The summed E-state index contributed by atoms with van der Waals surface area (Å²) in [5.74, 6) is 0.689. The number of non-ortho nitro benzene ring substituents is 1. The molecule has 0 saturated carbocycles. The number of nitro groups is 1. The summed E-state index contributed by atoms with van der Waals surface area (Å²) in [4.78, 5) is 28.6. The third-order valence-corrected chi connectivity index (χ3v) is 6.76. The number of amides is 1. The first-order valence-electron chi connectivity index (χ1n) is 14.0. The van der Waals surface area contributed by atoms with E-state index in [0.717, 1.165) is 22.1 Å². The first-order valence-corrected chi connectivity index (χ1v) is 14.0. The molecule has 0 radical (unpaired) electrons. The zero-order valence-electron chi connectivity index (χ0n) is 24.1. The first-order chi connectivity index (χ1) is 21.5. The van der Waals surface area contributed by atoms with Gasteiger partial charge in [0.1, 0.15) is 6.61 Å². The largest absolute Gasteiger partial charge is 0.490 e. The lowest BCUT2D eigenvalue weighted by Gasteiger charge is -2.17. The highest BCUT2D eigenvalue weighted by Crippen LogP contribution is 2.34. The number of nitrogens with one attached hydrogen (secondary N) is 1. The Morgan fingerprint density at radius 3 is 2.48 bits per heavy atom. The van der Waals surface area contributed by atoms with Crippen molar-refractivity contribution in [2.24, 2.45) is 5.10 Å². The highest BCUT2D eigenvalue weighted by molar-refractivity contribution is 6.07. The molecule has 4 aromatic carbocycles. The Kier molecular flexibility index (Phi) is 9.36. The number of carbonyl (C=O) groups is 1. The smallest absolute Gasteiger partial charge is 0.272 e. The molecule has 0 spiro atoms. The summed E-state index contributed by atoms with van der Waals surface area (Å²) in [6.45, 7) is 6.33. The molecule has 0 unspecified atom stereocenters. The van der Waals surface area contributed by atoms with Crippen molar-refractivity contribution in [3.63, 3.8) is 0 Å². The number of aromatic nitrogens is 1. The summed E-state index contributed by atoms with van der Waals surface area (Å²) in [5.41, 5.74) is 7.72. The Balaban J connectivity index is 1.38. The third kappa shape index (κ3) is 6.96. The molecule has 44 heavy (non-hydrogen) atoms. The van der Waals surface area contributed by atoms with Crippen molar-refractivity contribution in [2.75, 3.05) is 6.61 Å². The molecule has 9 heteroatoms. The van der Waals surface area contributed by atoms with E-state index in [1.54, 1.807) is 36.6 Å². The quantitative estimate of drug-likeness (QED) is 0.0711. The van der Waals surface area contributed by atoms with Crippen LogP contribution in [-0.4, -0.2) is 28.6 Å². The fourth-order valence-corrected chi connectivity index (χ4v) is 4.71. The van der Waals surface area contributed by atoms with E-state index < -0.39 is 4.92 Å². The van der Waals surface area contributed by atoms with Crippen LogP contribution in [0.1, 0.15) is 34.0 Å². The molecule has 1 amide bonds. The van der Waals surface area contributed by atoms with Crippen molar-refractivity contribution in [2.45, 2.75) is 20.0 Å². The number of ether oxygens (including phenoxy) is 2. The van der Waals surface area contributed by atoms with E-state index >= 15 is 0 Å². The van der Waals surface area contributed by atoms with Crippen molar-refractivity contribution < 1.29 is 19.2 Å². The second-order valence-electron chi connectivity index (χ2n) is 9.78. The fourth-order valence-electron chi connectivity index (χ4n) is 4.71. The van der Waals surface area contributed by atoms with Gasteiger partial charge in [-0.25, -0.2) is 10.4 Å². The minimum absolute atomic E-state index is 0.0144. The minimum atomic E-state index is -0.441. The number of hydrazone groups is 1. The summed E-state index contributed by atoms with van der Waals surface area (Å²) < 4.78 is 12.0. The van der Waals surface area contributed by atoms with Crippen LogP contribution in [0, 0.1) is 10.1 Å². The Morgan fingerprint density at radius 1 is 1.00 bits per heavy atom. The second kappa shape index (κ2) is 13.9. The lowest BCUT2D eigenvalue weighted by Crippen LogP contribution is -2.18. The van der Waals surface area contributed by atoms with Crippen LogP contribution in [0.5, 0.6) is 11.5 Å². The molecule has 1 heterocycles.